The highest BCUT2D eigenvalue weighted by Gasteiger charge is 2.53. The second-order valence-corrected chi connectivity index (χ2v) is 6.90. The molecule has 1 atom stereocenters. The molecule has 4 nitrogen and oxygen atoms in total. The van der Waals surface area contributed by atoms with Crippen LogP contribution in [0.5, 0.6) is 0 Å². The largest absolute Gasteiger partial charge is 0.480 e. The molecule has 0 bridgehead atoms. The van der Waals surface area contributed by atoms with Crippen LogP contribution >= 0.6 is 0 Å². The maximum Gasteiger partial charge on any atom is 0.324 e. The van der Waals surface area contributed by atoms with Crippen molar-refractivity contribution in [3.05, 3.63) is 0 Å². The molecule has 0 aliphatic carbocycles. The second-order valence-electron chi connectivity index (χ2n) is 6.90. The molecule has 0 heterocycles. The van der Waals surface area contributed by atoms with E-state index in [1.54, 1.807) is 27.7 Å². The lowest BCUT2D eigenvalue weighted by atomic mass is 9.69. The van der Waals surface area contributed by atoms with Crippen LogP contribution in [0.1, 0.15) is 80.1 Å². The molecular weight excluding hydrogens is 280 g/mol. The zero-order chi connectivity index (χ0) is 17.3. The van der Waals surface area contributed by atoms with Gasteiger partial charge in [-0.1, -0.05) is 60.3 Å². The number of hydrogen-bond acceptors (Lipinski definition) is 3. The Labute approximate surface area is 135 Å². The number of carbonyl (C=O) groups excluding carboxylic acids is 1. The molecule has 1 N–H and O–H groups in total. The van der Waals surface area contributed by atoms with Gasteiger partial charge in [0.2, 0.25) is 0 Å². The number of unbranched alkanes of at least 4 members (excludes halogenated alkanes) is 4. The van der Waals surface area contributed by atoms with Crippen molar-refractivity contribution in [1.29, 1.82) is 0 Å². The van der Waals surface area contributed by atoms with Gasteiger partial charge < -0.3 is 9.84 Å². The lowest BCUT2D eigenvalue weighted by Gasteiger charge is -2.35. The molecule has 0 aliphatic heterocycles. The maximum atomic E-state index is 12.5. The fourth-order valence-electron chi connectivity index (χ4n) is 3.09. The number of rotatable bonds is 11. The lowest BCUT2D eigenvalue weighted by Crippen LogP contribution is -2.49. The highest BCUT2D eigenvalue weighted by Crippen LogP contribution is 2.38. The van der Waals surface area contributed by atoms with Crippen molar-refractivity contribution in [3.63, 3.8) is 0 Å². The Morgan fingerprint density at radius 1 is 0.955 bits per heavy atom. The average molecular weight is 314 g/mol. The van der Waals surface area contributed by atoms with Gasteiger partial charge >= 0.3 is 11.9 Å². The van der Waals surface area contributed by atoms with E-state index in [2.05, 4.69) is 6.92 Å². The number of hydrogen-bond donors (Lipinski definition) is 1. The molecule has 0 radical (unpaired) electrons. The van der Waals surface area contributed by atoms with Crippen LogP contribution in [0.4, 0.5) is 0 Å². The van der Waals surface area contributed by atoms with Crippen molar-refractivity contribution >= 4 is 11.9 Å². The topological polar surface area (TPSA) is 63.6 Å². The predicted octanol–water partition coefficient (Wildman–Crippen LogP) is 4.66. The van der Waals surface area contributed by atoms with Gasteiger partial charge in [0.25, 0.3) is 0 Å². The highest BCUT2D eigenvalue weighted by molar-refractivity contribution is 5.99. The van der Waals surface area contributed by atoms with Gasteiger partial charge in [-0.3, -0.25) is 9.59 Å². The summed E-state index contributed by atoms with van der Waals surface area (Å²) in [6, 6.07) is 0. The Balaban J connectivity index is 4.67. The van der Waals surface area contributed by atoms with Gasteiger partial charge in [-0.05, 0) is 31.6 Å². The summed E-state index contributed by atoms with van der Waals surface area (Å²) in [4.78, 5) is 24.3. The summed E-state index contributed by atoms with van der Waals surface area (Å²) < 4.78 is 5.49. The van der Waals surface area contributed by atoms with E-state index in [1.807, 2.05) is 6.92 Å². The van der Waals surface area contributed by atoms with Crippen molar-refractivity contribution in [2.24, 2.45) is 17.3 Å². The van der Waals surface area contributed by atoms with Gasteiger partial charge in [-0.15, -0.1) is 0 Å². The van der Waals surface area contributed by atoms with E-state index < -0.39 is 17.4 Å². The van der Waals surface area contributed by atoms with Gasteiger partial charge in [0.1, 0.15) is 0 Å². The normalized spacial score (nSPS) is 13.5. The minimum Gasteiger partial charge on any atom is -0.480 e. The van der Waals surface area contributed by atoms with Crippen LogP contribution in [0.2, 0.25) is 0 Å². The minimum absolute atomic E-state index is 0.231. The molecule has 1 unspecified atom stereocenters. The quantitative estimate of drug-likeness (QED) is 0.342. The molecule has 0 aromatic carbocycles. The van der Waals surface area contributed by atoms with Gasteiger partial charge in [-0.25, -0.2) is 0 Å². The summed E-state index contributed by atoms with van der Waals surface area (Å²) >= 11 is 0. The van der Waals surface area contributed by atoms with E-state index in [1.165, 1.54) is 19.3 Å². The standard InChI is InChI=1S/C18H34O4/c1-7-8-9-10-11-12-15(6)22-17(21)18(13(2)3,14(4)5)16(19)20/h13-15H,7-12H2,1-6H3,(H,19,20). The Kier molecular flexibility index (Phi) is 9.38. The molecule has 0 aromatic rings. The first-order valence-corrected chi connectivity index (χ1v) is 8.65. The number of aliphatic carboxylic acids is 1. The third-order valence-electron chi connectivity index (χ3n) is 4.54. The zero-order valence-electron chi connectivity index (χ0n) is 15.1. The molecule has 0 saturated carbocycles. The molecule has 0 fully saturated rings. The van der Waals surface area contributed by atoms with Crippen molar-refractivity contribution in [2.75, 3.05) is 0 Å². The third kappa shape index (κ3) is 5.29. The Bertz CT molecular complexity index is 339. The molecular formula is C18H34O4. The fourth-order valence-corrected chi connectivity index (χ4v) is 3.09. The second kappa shape index (κ2) is 9.86. The SMILES string of the molecule is CCCCCCCC(C)OC(=O)C(C(=O)O)(C(C)C)C(C)C. The van der Waals surface area contributed by atoms with Crippen molar-refractivity contribution in [1.82, 2.24) is 0 Å². The smallest absolute Gasteiger partial charge is 0.324 e. The number of carboxylic acids is 1. The zero-order valence-corrected chi connectivity index (χ0v) is 15.1. The minimum atomic E-state index is -1.46. The third-order valence-corrected chi connectivity index (χ3v) is 4.54. The van der Waals surface area contributed by atoms with Crippen molar-refractivity contribution in [3.8, 4) is 0 Å². The van der Waals surface area contributed by atoms with Gasteiger partial charge in [0.15, 0.2) is 5.41 Å². The molecule has 0 amide bonds. The molecule has 0 spiro atoms. The summed E-state index contributed by atoms with van der Waals surface area (Å²) in [5, 5.41) is 9.62. The first-order chi connectivity index (χ1) is 10.2. The van der Waals surface area contributed by atoms with Crippen LogP contribution in [-0.4, -0.2) is 23.1 Å². The van der Waals surface area contributed by atoms with E-state index in [9.17, 15) is 14.7 Å². The lowest BCUT2D eigenvalue weighted by molar-refractivity contribution is -0.180. The summed E-state index contributed by atoms with van der Waals surface area (Å²) in [6.45, 7) is 11.1. The Hall–Kier alpha value is -1.06. The van der Waals surface area contributed by atoms with E-state index in [0.717, 1.165) is 19.3 Å². The maximum absolute atomic E-state index is 12.5. The average Bonchev–Trinajstić information content (AvgIpc) is 2.37. The van der Waals surface area contributed by atoms with Crippen LogP contribution < -0.4 is 0 Å². The molecule has 0 saturated heterocycles. The summed E-state index contributed by atoms with van der Waals surface area (Å²) in [5.74, 6) is -2.30. The first kappa shape index (κ1) is 20.9. The first-order valence-electron chi connectivity index (χ1n) is 8.65. The molecule has 22 heavy (non-hydrogen) atoms. The fraction of sp³-hybridized carbons (Fsp3) is 0.889. The predicted molar refractivity (Wildman–Crippen MR) is 88.7 cm³/mol. The summed E-state index contributed by atoms with van der Waals surface area (Å²) in [7, 11) is 0. The van der Waals surface area contributed by atoms with Gasteiger partial charge in [0.05, 0.1) is 6.10 Å². The van der Waals surface area contributed by atoms with Gasteiger partial charge in [0, 0.05) is 0 Å². The van der Waals surface area contributed by atoms with E-state index >= 15 is 0 Å². The molecule has 0 aliphatic rings. The summed E-state index contributed by atoms with van der Waals surface area (Å²) in [6.07, 6.45) is 6.35. The summed E-state index contributed by atoms with van der Waals surface area (Å²) in [5.41, 5.74) is -1.46. The monoisotopic (exact) mass is 314 g/mol. The Morgan fingerprint density at radius 3 is 1.86 bits per heavy atom. The number of carboxylic acid groups (broad SMARTS) is 1. The highest BCUT2D eigenvalue weighted by atomic mass is 16.5. The molecule has 130 valence electrons. The van der Waals surface area contributed by atoms with Crippen LogP contribution in [0.15, 0.2) is 0 Å². The number of ether oxygens (including phenoxy) is 1. The molecule has 0 aromatic heterocycles. The van der Waals surface area contributed by atoms with Crippen molar-refractivity contribution in [2.45, 2.75) is 86.2 Å². The van der Waals surface area contributed by atoms with E-state index in [4.69, 9.17) is 4.74 Å². The van der Waals surface area contributed by atoms with Crippen LogP contribution in [0, 0.1) is 17.3 Å². The van der Waals surface area contributed by atoms with Crippen molar-refractivity contribution < 1.29 is 19.4 Å². The number of esters is 1. The van der Waals surface area contributed by atoms with Crippen LogP contribution in [-0.2, 0) is 14.3 Å². The van der Waals surface area contributed by atoms with Crippen LogP contribution in [0.3, 0.4) is 0 Å². The van der Waals surface area contributed by atoms with E-state index in [-0.39, 0.29) is 17.9 Å². The molecule has 0 rings (SSSR count). The van der Waals surface area contributed by atoms with Crippen LogP contribution in [0.25, 0.3) is 0 Å². The van der Waals surface area contributed by atoms with E-state index in [0.29, 0.717) is 0 Å². The number of carbonyl (C=O) groups is 2. The Morgan fingerprint density at radius 2 is 1.45 bits per heavy atom. The van der Waals surface area contributed by atoms with Gasteiger partial charge in [-0.2, -0.15) is 0 Å². The molecule has 4 heteroatoms.